The van der Waals surface area contributed by atoms with E-state index in [1.165, 1.54) is 0 Å². The van der Waals surface area contributed by atoms with Crippen LogP contribution < -0.4 is 5.32 Å². The molecule has 1 saturated carbocycles. The van der Waals surface area contributed by atoms with Crippen LogP contribution in [0.3, 0.4) is 0 Å². The summed E-state index contributed by atoms with van der Waals surface area (Å²) < 4.78 is 59.3. The number of pyridine rings is 1. The number of carbonyl (C=O) groups excluding carboxylic acids is 1. The Kier molecular flexibility index (Phi) is 7.50. The minimum absolute atomic E-state index is 0.0510. The highest BCUT2D eigenvalue weighted by Gasteiger charge is 2.54. The van der Waals surface area contributed by atoms with Gasteiger partial charge in [0.15, 0.2) is 0 Å². The van der Waals surface area contributed by atoms with Gasteiger partial charge in [-0.1, -0.05) is 6.07 Å². The summed E-state index contributed by atoms with van der Waals surface area (Å²) in [7, 11) is 0. The second-order valence-electron chi connectivity index (χ2n) is 11.3. The van der Waals surface area contributed by atoms with E-state index in [4.69, 9.17) is 4.74 Å². The molecule has 2 aliphatic heterocycles. The maximum absolute atomic E-state index is 13.8. The Morgan fingerprint density at radius 1 is 1.13 bits per heavy atom. The summed E-state index contributed by atoms with van der Waals surface area (Å²) in [4.78, 5) is 20.1. The molecule has 1 amide bonds. The molecular formula is C29H35F4N3O3. The van der Waals surface area contributed by atoms with Crippen LogP contribution in [0.1, 0.15) is 66.6 Å². The van der Waals surface area contributed by atoms with Crippen molar-refractivity contribution in [3.05, 3.63) is 64.2 Å². The topological polar surface area (TPSA) is 74.7 Å². The molecule has 1 aromatic carbocycles. The molecule has 3 fully saturated rings. The number of aromatic nitrogens is 1. The lowest BCUT2D eigenvalue weighted by molar-refractivity contribution is -0.167. The van der Waals surface area contributed by atoms with Gasteiger partial charge >= 0.3 is 6.18 Å². The second-order valence-corrected chi connectivity index (χ2v) is 11.3. The fourth-order valence-electron chi connectivity index (χ4n) is 6.26. The lowest BCUT2D eigenvalue weighted by Crippen LogP contribution is -2.58. The van der Waals surface area contributed by atoms with Crippen LogP contribution in [0.25, 0.3) is 0 Å². The van der Waals surface area contributed by atoms with Crippen LogP contribution in [0.5, 0.6) is 0 Å². The third-order valence-corrected chi connectivity index (χ3v) is 8.61. The number of ether oxygens (including phenoxy) is 1. The Hall–Kier alpha value is -2.56. The molecule has 3 aliphatic rings. The van der Waals surface area contributed by atoms with Gasteiger partial charge in [-0.05, 0) is 88.1 Å². The molecule has 3 heterocycles. The van der Waals surface area contributed by atoms with Gasteiger partial charge in [-0.15, -0.1) is 0 Å². The Labute approximate surface area is 225 Å². The first-order valence-corrected chi connectivity index (χ1v) is 13.6. The number of hydrogen-bond donors (Lipinski definition) is 2. The quantitative estimate of drug-likeness (QED) is 0.508. The number of benzene rings is 1. The van der Waals surface area contributed by atoms with Crippen molar-refractivity contribution in [3.8, 4) is 0 Å². The van der Waals surface area contributed by atoms with Crippen LogP contribution in [-0.4, -0.2) is 52.2 Å². The zero-order valence-electron chi connectivity index (χ0n) is 22.3. The monoisotopic (exact) mass is 549 g/mol. The van der Waals surface area contributed by atoms with E-state index < -0.39 is 28.8 Å². The summed E-state index contributed by atoms with van der Waals surface area (Å²) in [5.74, 6) is -1.28. The summed E-state index contributed by atoms with van der Waals surface area (Å²) in [5.41, 5.74) is -0.327. The van der Waals surface area contributed by atoms with E-state index in [0.29, 0.717) is 45.0 Å². The fourth-order valence-corrected chi connectivity index (χ4v) is 6.26. The molecule has 6 nitrogen and oxygen atoms in total. The van der Waals surface area contributed by atoms with Crippen LogP contribution >= 0.6 is 0 Å². The molecule has 0 spiro atoms. The third-order valence-electron chi connectivity index (χ3n) is 8.61. The van der Waals surface area contributed by atoms with E-state index in [1.54, 1.807) is 0 Å². The molecule has 212 valence electrons. The number of alkyl halides is 3. The highest BCUT2D eigenvalue weighted by molar-refractivity contribution is 5.86. The number of piperidine rings is 1. The number of nitrogens with zero attached hydrogens (tertiary/aromatic N) is 2. The molecule has 5 rings (SSSR count). The molecule has 2 N–H and O–H groups in total. The van der Waals surface area contributed by atoms with Gasteiger partial charge in [0.25, 0.3) is 5.91 Å². The minimum atomic E-state index is -4.67. The van der Waals surface area contributed by atoms with E-state index >= 15 is 0 Å². The first-order chi connectivity index (χ1) is 18.4. The van der Waals surface area contributed by atoms with Gasteiger partial charge in [0.1, 0.15) is 11.4 Å². The maximum Gasteiger partial charge on any atom is 0.416 e. The first kappa shape index (κ1) is 28.0. The number of halogens is 4. The molecule has 0 radical (unpaired) electrons. The number of aryl methyl sites for hydroxylation is 2. The van der Waals surface area contributed by atoms with Crippen molar-refractivity contribution in [1.29, 1.82) is 0 Å². The molecule has 2 atom stereocenters. The van der Waals surface area contributed by atoms with E-state index in [0.717, 1.165) is 48.3 Å². The number of nitrogens with one attached hydrogen (secondary N) is 1. The number of rotatable bonds is 6. The van der Waals surface area contributed by atoms with Crippen LogP contribution in [0.4, 0.5) is 17.6 Å². The molecule has 10 heteroatoms. The highest BCUT2D eigenvalue weighted by atomic mass is 19.4. The number of aliphatic hydroxyl groups is 1. The normalized spacial score (nSPS) is 25.9. The van der Waals surface area contributed by atoms with E-state index in [1.807, 2.05) is 26.0 Å². The Morgan fingerprint density at radius 2 is 1.85 bits per heavy atom. The summed E-state index contributed by atoms with van der Waals surface area (Å²) in [6, 6.07) is 6.31. The molecule has 1 unspecified atom stereocenters. The van der Waals surface area contributed by atoms with Crippen molar-refractivity contribution in [2.24, 2.45) is 5.92 Å². The van der Waals surface area contributed by atoms with Crippen molar-refractivity contribution < 1.29 is 32.2 Å². The average molecular weight is 550 g/mol. The number of carbonyl (C=O) groups is 1. The Bertz CT molecular complexity index is 1210. The van der Waals surface area contributed by atoms with E-state index in [2.05, 4.69) is 15.2 Å². The molecule has 39 heavy (non-hydrogen) atoms. The van der Waals surface area contributed by atoms with Crippen molar-refractivity contribution in [2.75, 3.05) is 19.7 Å². The molecule has 2 aromatic rings. The van der Waals surface area contributed by atoms with E-state index in [-0.39, 0.29) is 30.0 Å². The minimum Gasteiger partial charge on any atom is -0.385 e. The first-order valence-electron chi connectivity index (χ1n) is 13.6. The van der Waals surface area contributed by atoms with Crippen molar-refractivity contribution in [1.82, 2.24) is 15.2 Å². The van der Waals surface area contributed by atoms with Crippen LogP contribution in [0.15, 0.2) is 30.3 Å². The molecule has 0 bridgehead atoms. The summed E-state index contributed by atoms with van der Waals surface area (Å²) in [5, 5.41) is 14.1. The van der Waals surface area contributed by atoms with Gasteiger partial charge < -0.3 is 15.2 Å². The van der Waals surface area contributed by atoms with Gasteiger partial charge in [0.2, 0.25) is 0 Å². The molecule has 1 aromatic heterocycles. The predicted molar refractivity (Wildman–Crippen MR) is 136 cm³/mol. The third kappa shape index (κ3) is 5.83. The second kappa shape index (κ2) is 10.4. The van der Waals surface area contributed by atoms with E-state index in [9.17, 15) is 27.5 Å². The SMILES string of the molecule is Cc1ccc(C2(O)CCN(C3CC[C@@](C(=O)NCc4cc(F)cc(C(F)(F)F)c4)(C4CC4)OC3)CC2)c(C)n1. The van der Waals surface area contributed by atoms with Crippen molar-refractivity contribution >= 4 is 5.91 Å². The fraction of sp³-hybridized carbons (Fsp3) is 0.586. The smallest absolute Gasteiger partial charge is 0.385 e. The van der Waals surface area contributed by atoms with Crippen molar-refractivity contribution in [3.63, 3.8) is 0 Å². The van der Waals surface area contributed by atoms with Gasteiger partial charge in [-0.3, -0.25) is 14.7 Å². The van der Waals surface area contributed by atoms with Crippen LogP contribution in [0.2, 0.25) is 0 Å². The molecule has 2 saturated heterocycles. The zero-order valence-corrected chi connectivity index (χ0v) is 22.3. The Morgan fingerprint density at radius 3 is 2.44 bits per heavy atom. The molecular weight excluding hydrogens is 514 g/mol. The summed E-state index contributed by atoms with van der Waals surface area (Å²) >= 11 is 0. The standard InChI is InChI=1S/C29H35F4N3O3/c1-18-3-6-25(19(2)35-18)27(38)9-11-36(12-10-27)24-7-8-28(39-17-24,21-4-5-21)26(37)34-16-20-13-22(29(31,32)33)15-23(30)14-20/h3,6,13-15,21,24,38H,4-5,7-12,16-17H2,1-2H3,(H,34,37)/t24?,28-/m0/s1. The van der Waals surface area contributed by atoms with Crippen molar-refractivity contribution in [2.45, 2.75) is 82.3 Å². The largest absolute Gasteiger partial charge is 0.416 e. The maximum atomic E-state index is 13.8. The summed E-state index contributed by atoms with van der Waals surface area (Å²) in [6.07, 6.45) is -0.544. The van der Waals surface area contributed by atoms with Crippen LogP contribution in [0, 0.1) is 25.6 Å². The van der Waals surface area contributed by atoms with Gasteiger partial charge in [-0.2, -0.15) is 13.2 Å². The molecule has 1 aliphatic carbocycles. The van der Waals surface area contributed by atoms with Gasteiger partial charge in [0.05, 0.1) is 17.8 Å². The van der Waals surface area contributed by atoms with Crippen LogP contribution in [-0.2, 0) is 27.9 Å². The van der Waals surface area contributed by atoms with Gasteiger partial charge in [-0.25, -0.2) is 4.39 Å². The number of hydrogen-bond acceptors (Lipinski definition) is 5. The van der Waals surface area contributed by atoms with Gasteiger partial charge in [0, 0.05) is 42.6 Å². The lowest BCUT2D eigenvalue weighted by atomic mass is 9.81. The Balaban J connectivity index is 1.19. The lowest BCUT2D eigenvalue weighted by Gasteiger charge is -2.46. The summed E-state index contributed by atoms with van der Waals surface area (Å²) in [6.45, 7) is 5.40. The zero-order chi connectivity index (χ0) is 28.0. The highest BCUT2D eigenvalue weighted by Crippen LogP contribution is 2.47. The average Bonchev–Trinajstić information content (AvgIpc) is 3.73. The predicted octanol–water partition coefficient (Wildman–Crippen LogP) is 4.78. The number of amides is 1. The number of likely N-dealkylation sites (tertiary alicyclic amines) is 1.